The molecule has 0 saturated heterocycles. The molecule has 0 N–H and O–H groups in total. The maximum Gasteiger partial charge on any atom is 0.332 e. The van der Waals surface area contributed by atoms with E-state index in [9.17, 15) is 14.4 Å². The number of aromatic nitrogens is 8. The van der Waals surface area contributed by atoms with Crippen LogP contribution in [0.15, 0.2) is 38.6 Å². The summed E-state index contributed by atoms with van der Waals surface area (Å²) < 4.78 is 7.07. The smallest absolute Gasteiger partial charge is 0.301 e. The van der Waals surface area contributed by atoms with Gasteiger partial charge in [0.15, 0.2) is 17.0 Å². The molecule has 158 valence electrons. The standard InChI is InChI=1S/C19H17ClN8O3/c1-4-26-15(29)10-7-5-6-8-11(10)28-12(22-23-18(26)28)9-27-13-14(21-17(27)20)24(2)19(31)25(3)16(13)30/h5-8H,4,9H2,1-3H3. The summed E-state index contributed by atoms with van der Waals surface area (Å²) >= 11 is 6.36. The first-order chi connectivity index (χ1) is 14.8. The van der Waals surface area contributed by atoms with E-state index in [0.717, 1.165) is 4.57 Å². The molecule has 12 heteroatoms. The summed E-state index contributed by atoms with van der Waals surface area (Å²) in [6, 6.07) is 7.18. The monoisotopic (exact) mass is 440 g/mol. The summed E-state index contributed by atoms with van der Waals surface area (Å²) in [6.45, 7) is 2.34. The number of imidazole rings is 1. The van der Waals surface area contributed by atoms with Crippen LogP contribution in [-0.4, -0.2) is 37.9 Å². The average molecular weight is 441 g/mol. The highest BCUT2D eigenvalue weighted by molar-refractivity contribution is 6.29. The van der Waals surface area contributed by atoms with Crippen LogP contribution in [-0.2, 0) is 27.2 Å². The zero-order valence-corrected chi connectivity index (χ0v) is 17.7. The van der Waals surface area contributed by atoms with Gasteiger partial charge in [-0.1, -0.05) is 12.1 Å². The number of fused-ring (bicyclic) bond motifs is 4. The Labute approximate surface area is 178 Å². The van der Waals surface area contributed by atoms with Crippen molar-refractivity contribution in [1.29, 1.82) is 0 Å². The minimum Gasteiger partial charge on any atom is -0.301 e. The van der Waals surface area contributed by atoms with Crippen molar-refractivity contribution in [3.63, 3.8) is 0 Å². The highest BCUT2D eigenvalue weighted by Gasteiger charge is 2.21. The zero-order chi connectivity index (χ0) is 22.0. The van der Waals surface area contributed by atoms with Gasteiger partial charge in [0.25, 0.3) is 11.1 Å². The molecule has 0 saturated carbocycles. The Morgan fingerprint density at radius 2 is 1.71 bits per heavy atom. The van der Waals surface area contributed by atoms with Gasteiger partial charge < -0.3 is 4.57 Å². The molecular formula is C19H17ClN8O3. The lowest BCUT2D eigenvalue weighted by Crippen LogP contribution is -2.37. The van der Waals surface area contributed by atoms with Gasteiger partial charge in [-0.2, -0.15) is 4.98 Å². The molecule has 0 aliphatic carbocycles. The lowest BCUT2D eigenvalue weighted by Gasteiger charge is -2.10. The average Bonchev–Trinajstić information content (AvgIpc) is 3.33. The van der Waals surface area contributed by atoms with E-state index in [4.69, 9.17) is 11.6 Å². The van der Waals surface area contributed by atoms with Crippen molar-refractivity contribution in [2.75, 3.05) is 0 Å². The molecule has 0 amide bonds. The Hall–Kier alpha value is -3.73. The molecule has 31 heavy (non-hydrogen) atoms. The van der Waals surface area contributed by atoms with Crippen LogP contribution in [0.1, 0.15) is 12.7 Å². The van der Waals surface area contributed by atoms with Gasteiger partial charge in [-0.15, -0.1) is 10.2 Å². The van der Waals surface area contributed by atoms with Crippen molar-refractivity contribution < 1.29 is 0 Å². The number of benzene rings is 1. The molecule has 4 heterocycles. The van der Waals surface area contributed by atoms with Gasteiger partial charge in [-0.3, -0.25) is 27.7 Å². The maximum atomic E-state index is 12.8. The highest BCUT2D eigenvalue weighted by Crippen LogP contribution is 2.20. The molecule has 5 aromatic rings. The fourth-order valence-corrected chi connectivity index (χ4v) is 4.13. The van der Waals surface area contributed by atoms with E-state index in [2.05, 4.69) is 15.2 Å². The van der Waals surface area contributed by atoms with Crippen molar-refractivity contribution in [2.45, 2.75) is 20.0 Å². The molecule has 0 unspecified atom stereocenters. The molecule has 0 radical (unpaired) electrons. The molecule has 0 atom stereocenters. The number of halogens is 1. The number of hydrogen-bond donors (Lipinski definition) is 0. The fourth-order valence-electron chi connectivity index (χ4n) is 3.91. The van der Waals surface area contributed by atoms with Crippen molar-refractivity contribution >= 4 is 39.4 Å². The Bertz CT molecular complexity index is 1700. The summed E-state index contributed by atoms with van der Waals surface area (Å²) in [5.74, 6) is 0.854. The first-order valence-electron chi connectivity index (χ1n) is 9.52. The summed E-state index contributed by atoms with van der Waals surface area (Å²) in [4.78, 5) is 42.1. The predicted octanol–water partition coefficient (Wildman–Crippen LogP) is 0.513. The molecular weight excluding hydrogens is 424 g/mol. The fraction of sp³-hybridized carbons (Fsp3) is 0.263. The summed E-state index contributed by atoms with van der Waals surface area (Å²) in [7, 11) is 2.92. The number of nitrogens with zero attached hydrogens (tertiary/aromatic N) is 8. The van der Waals surface area contributed by atoms with Gasteiger partial charge in [-0.05, 0) is 30.7 Å². The third-order valence-corrected chi connectivity index (χ3v) is 5.78. The first-order valence-corrected chi connectivity index (χ1v) is 9.90. The predicted molar refractivity (Wildman–Crippen MR) is 115 cm³/mol. The molecule has 0 bridgehead atoms. The summed E-state index contributed by atoms with van der Waals surface area (Å²) in [5, 5.41) is 9.07. The second kappa shape index (κ2) is 6.64. The van der Waals surface area contributed by atoms with E-state index in [-0.39, 0.29) is 28.6 Å². The van der Waals surface area contributed by atoms with Crippen molar-refractivity contribution in [3.05, 3.63) is 66.6 Å². The Morgan fingerprint density at radius 3 is 2.45 bits per heavy atom. The first kappa shape index (κ1) is 19.2. The van der Waals surface area contributed by atoms with Crippen molar-refractivity contribution in [1.82, 2.24) is 37.9 Å². The van der Waals surface area contributed by atoms with E-state index in [1.165, 1.54) is 27.8 Å². The zero-order valence-electron chi connectivity index (χ0n) is 16.9. The van der Waals surface area contributed by atoms with Crippen LogP contribution in [0.2, 0.25) is 5.28 Å². The molecule has 0 fully saturated rings. The molecule has 11 nitrogen and oxygen atoms in total. The number of hydrogen-bond acceptors (Lipinski definition) is 6. The van der Waals surface area contributed by atoms with Crippen LogP contribution in [0.3, 0.4) is 0 Å². The highest BCUT2D eigenvalue weighted by atomic mass is 35.5. The van der Waals surface area contributed by atoms with Crippen LogP contribution in [0.25, 0.3) is 27.8 Å². The minimum atomic E-state index is -0.512. The molecule has 0 aliphatic heterocycles. The molecule has 1 aromatic carbocycles. The van der Waals surface area contributed by atoms with E-state index in [1.54, 1.807) is 16.5 Å². The van der Waals surface area contributed by atoms with E-state index in [0.29, 0.717) is 29.0 Å². The minimum absolute atomic E-state index is 0.0400. The van der Waals surface area contributed by atoms with E-state index < -0.39 is 11.2 Å². The van der Waals surface area contributed by atoms with Crippen LogP contribution in [0.4, 0.5) is 0 Å². The van der Waals surface area contributed by atoms with E-state index >= 15 is 0 Å². The number of aryl methyl sites for hydroxylation is 2. The molecule has 5 rings (SSSR count). The van der Waals surface area contributed by atoms with Crippen molar-refractivity contribution in [2.24, 2.45) is 14.1 Å². The summed E-state index contributed by atoms with van der Waals surface area (Å²) in [6.07, 6.45) is 0. The molecule has 0 spiro atoms. The van der Waals surface area contributed by atoms with Gasteiger partial charge >= 0.3 is 5.69 Å². The van der Waals surface area contributed by atoms with Crippen molar-refractivity contribution in [3.8, 4) is 0 Å². The molecule has 0 aliphatic rings. The third-order valence-electron chi connectivity index (χ3n) is 5.49. The Kier molecular flexibility index (Phi) is 4.12. The van der Waals surface area contributed by atoms with Gasteiger partial charge in [0.2, 0.25) is 11.1 Å². The van der Waals surface area contributed by atoms with Crippen LogP contribution in [0, 0.1) is 0 Å². The quantitative estimate of drug-likeness (QED) is 0.378. The molecule has 4 aromatic heterocycles. The van der Waals surface area contributed by atoms with Gasteiger partial charge in [-0.25, -0.2) is 4.79 Å². The normalized spacial score (nSPS) is 11.9. The second-order valence-electron chi connectivity index (χ2n) is 7.16. The topological polar surface area (TPSA) is 114 Å². The van der Waals surface area contributed by atoms with Gasteiger partial charge in [0, 0.05) is 20.6 Å². The Morgan fingerprint density at radius 1 is 0.968 bits per heavy atom. The van der Waals surface area contributed by atoms with E-state index in [1.807, 2.05) is 19.1 Å². The van der Waals surface area contributed by atoms with Crippen LogP contribution in [0.5, 0.6) is 0 Å². The number of para-hydroxylation sites is 1. The third kappa shape index (κ3) is 2.53. The maximum absolute atomic E-state index is 12.8. The van der Waals surface area contributed by atoms with Crippen LogP contribution < -0.4 is 16.8 Å². The van der Waals surface area contributed by atoms with Crippen LogP contribution >= 0.6 is 11.6 Å². The lowest BCUT2D eigenvalue weighted by molar-refractivity contribution is 0.697. The summed E-state index contributed by atoms with van der Waals surface area (Å²) in [5.41, 5.74) is -0.152. The second-order valence-corrected chi connectivity index (χ2v) is 7.50. The lowest BCUT2D eigenvalue weighted by atomic mass is 10.2. The van der Waals surface area contributed by atoms with Gasteiger partial charge in [0.05, 0.1) is 17.4 Å². The Balaban J connectivity index is 1.84. The largest absolute Gasteiger partial charge is 0.332 e. The number of rotatable bonds is 3. The van der Waals surface area contributed by atoms with Gasteiger partial charge in [0.1, 0.15) is 0 Å². The SMILES string of the molecule is CCn1c(=O)c2ccccc2n2c(Cn3c(Cl)nc4c3c(=O)n(C)c(=O)n4C)nnc12.